The van der Waals surface area contributed by atoms with Crippen LogP contribution in [0.1, 0.15) is 28.8 Å². The molecule has 0 aliphatic heterocycles. The zero-order valence-electron chi connectivity index (χ0n) is 18.0. The monoisotopic (exact) mass is 428 g/mol. The fraction of sp³-hybridized carbons (Fsp3) is 0.292. The molecule has 0 atom stereocenters. The van der Waals surface area contributed by atoms with E-state index in [1.807, 2.05) is 36.3 Å². The molecule has 0 radical (unpaired) electrons. The number of imidazole rings is 1. The van der Waals surface area contributed by atoms with Crippen LogP contribution in [0.5, 0.6) is 0 Å². The van der Waals surface area contributed by atoms with E-state index in [9.17, 15) is 0 Å². The number of rotatable bonds is 7. The molecule has 0 saturated carbocycles. The molecule has 31 heavy (non-hydrogen) atoms. The highest BCUT2D eigenvalue weighted by Crippen LogP contribution is 2.28. The highest BCUT2D eigenvalue weighted by Gasteiger charge is 2.13. The first-order valence-corrected chi connectivity index (χ1v) is 11.4. The Morgan fingerprint density at radius 2 is 1.97 bits per heavy atom. The molecule has 4 rings (SSSR count). The Hall–Kier alpha value is -3.24. The third-order valence-electron chi connectivity index (χ3n) is 5.46. The lowest BCUT2D eigenvalue weighted by atomic mass is 9.95. The zero-order chi connectivity index (χ0) is 21.8. The maximum atomic E-state index is 9.02. The van der Waals surface area contributed by atoms with Crippen LogP contribution in [0.3, 0.4) is 0 Å². The van der Waals surface area contributed by atoms with E-state index in [-0.39, 0.29) is 0 Å². The molecule has 0 amide bonds. The molecular weight excluding hydrogens is 404 g/mol. The van der Waals surface area contributed by atoms with Crippen LogP contribution in [-0.4, -0.2) is 30.8 Å². The number of nitriles is 1. The molecule has 6 nitrogen and oxygen atoms in total. The van der Waals surface area contributed by atoms with Crippen molar-refractivity contribution in [3.05, 3.63) is 65.4 Å². The van der Waals surface area contributed by atoms with Crippen molar-refractivity contribution in [2.24, 2.45) is 7.05 Å². The van der Waals surface area contributed by atoms with Crippen molar-refractivity contribution in [1.82, 2.24) is 24.5 Å². The SMILES string of the molecule is CSc1nccc(CCc2cc(-c3cncn3C)nc3cc(C)c(CCC#N)cc23)n1. The quantitative estimate of drug-likeness (QED) is 0.314. The number of thioether (sulfide) groups is 1. The molecule has 0 unspecified atom stereocenters. The predicted molar refractivity (Wildman–Crippen MR) is 124 cm³/mol. The third-order valence-corrected chi connectivity index (χ3v) is 6.02. The Labute approximate surface area is 186 Å². The van der Waals surface area contributed by atoms with Crippen LogP contribution in [0.15, 0.2) is 48.1 Å². The van der Waals surface area contributed by atoms with Crippen LogP contribution in [0.25, 0.3) is 22.3 Å². The number of pyridine rings is 1. The Morgan fingerprint density at radius 3 is 2.71 bits per heavy atom. The van der Waals surface area contributed by atoms with E-state index in [0.717, 1.165) is 52.4 Å². The molecule has 156 valence electrons. The smallest absolute Gasteiger partial charge is 0.187 e. The summed E-state index contributed by atoms with van der Waals surface area (Å²) in [5, 5.41) is 11.0. The fourth-order valence-electron chi connectivity index (χ4n) is 3.77. The molecule has 3 heterocycles. The van der Waals surface area contributed by atoms with Gasteiger partial charge in [-0.1, -0.05) is 11.8 Å². The number of hydrogen-bond acceptors (Lipinski definition) is 6. The van der Waals surface area contributed by atoms with Crippen molar-refractivity contribution in [1.29, 1.82) is 5.26 Å². The predicted octanol–water partition coefficient (Wildman–Crippen LogP) is 4.70. The number of hydrogen-bond donors (Lipinski definition) is 0. The minimum absolute atomic E-state index is 0.514. The molecule has 0 fully saturated rings. The number of aromatic nitrogens is 5. The summed E-state index contributed by atoms with van der Waals surface area (Å²) in [5.41, 5.74) is 7.51. The van der Waals surface area contributed by atoms with Crippen molar-refractivity contribution in [2.45, 2.75) is 37.8 Å². The molecule has 0 aliphatic carbocycles. The number of aryl methyl sites for hydroxylation is 5. The van der Waals surface area contributed by atoms with Crippen LogP contribution >= 0.6 is 11.8 Å². The lowest BCUT2D eigenvalue weighted by Gasteiger charge is -2.13. The average molecular weight is 429 g/mol. The second-order valence-electron chi connectivity index (χ2n) is 7.55. The summed E-state index contributed by atoms with van der Waals surface area (Å²) in [6, 6.07) is 10.8. The summed E-state index contributed by atoms with van der Waals surface area (Å²) in [4.78, 5) is 18.1. The van der Waals surface area contributed by atoms with Crippen LogP contribution < -0.4 is 0 Å². The van der Waals surface area contributed by atoms with Gasteiger partial charge in [-0.2, -0.15) is 5.26 Å². The number of nitrogens with zero attached hydrogens (tertiary/aromatic N) is 6. The topological polar surface area (TPSA) is 80.3 Å². The molecule has 4 aromatic rings. The van der Waals surface area contributed by atoms with Crippen molar-refractivity contribution >= 4 is 22.7 Å². The first-order chi connectivity index (χ1) is 15.1. The van der Waals surface area contributed by atoms with E-state index in [2.05, 4.69) is 46.1 Å². The molecule has 1 aromatic carbocycles. The average Bonchev–Trinajstić information content (AvgIpc) is 3.22. The van der Waals surface area contributed by atoms with Gasteiger partial charge in [-0.15, -0.1) is 0 Å². The minimum atomic E-state index is 0.514. The van der Waals surface area contributed by atoms with Gasteiger partial charge in [0.15, 0.2) is 5.16 Å². The normalized spacial score (nSPS) is 11.0. The van der Waals surface area contributed by atoms with Gasteiger partial charge in [0.2, 0.25) is 0 Å². The summed E-state index contributed by atoms with van der Waals surface area (Å²) < 4.78 is 1.99. The Kier molecular flexibility index (Phi) is 6.28. The van der Waals surface area contributed by atoms with E-state index >= 15 is 0 Å². The molecule has 0 saturated heterocycles. The minimum Gasteiger partial charge on any atom is -0.332 e. The standard InChI is InChI=1S/C24H24N6S/c1-16-11-21-20(12-17(16)5-4-9-25)18(6-7-19-8-10-27-24(28-19)31-3)13-22(29-21)23-14-26-15-30(23)2/h8,10-15H,4-7H2,1-3H3. The largest absolute Gasteiger partial charge is 0.332 e. The molecule has 0 spiro atoms. The summed E-state index contributed by atoms with van der Waals surface area (Å²) in [5.74, 6) is 0. The molecule has 3 aromatic heterocycles. The van der Waals surface area contributed by atoms with E-state index in [1.165, 1.54) is 16.7 Å². The van der Waals surface area contributed by atoms with Crippen LogP contribution in [0.4, 0.5) is 0 Å². The summed E-state index contributed by atoms with van der Waals surface area (Å²) in [6.07, 6.45) is 10.4. The van der Waals surface area contributed by atoms with Gasteiger partial charge in [0.25, 0.3) is 0 Å². The molecular formula is C24H24N6S. The Balaban J connectivity index is 1.78. The summed E-state index contributed by atoms with van der Waals surface area (Å²) >= 11 is 1.55. The highest BCUT2D eigenvalue weighted by atomic mass is 32.2. The van der Waals surface area contributed by atoms with Gasteiger partial charge in [0.1, 0.15) is 0 Å². The van der Waals surface area contributed by atoms with Gasteiger partial charge in [0, 0.05) is 30.7 Å². The van der Waals surface area contributed by atoms with Gasteiger partial charge in [0.05, 0.1) is 35.5 Å². The molecule has 0 N–H and O–H groups in total. The van der Waals surface area contributed by atoms with Gasteiger partial charge in [-0.25, -0.2) is 19.9 Å². The Morgan fingerprint density at radius 1 is 1.10 bits per heavy atom. The maximum Gasteiger partial charge on any atom is 0.187 e. The van der Waals surface area contributed by atoms with Gasteiger partial charge >= 0.3 is 0 Å². The van der Waals surface area contributed by atoms with Crippen molar-refractivity contribution < 1.29 is 0 Å². The van der Waals surface area contributed by atoms with Crippen molar-refractivity contribution in [2.75, 3.05) is 6.26 Å². The van der Waals surface area contributed by atoms with Crippen LogP contribution in [0, 0.1) is 18.3 Å². The van der Waals surface area contributed by atoms with Crippen molar-refractivity contribution in [3.63, 3.8) is 0 Å². The maximum absolute atomic E-state index is 9.02. The molecule has 0 aliphatic rings. The van der Waals surface area contributed by atoms with E-state index < -0.39 is 0 Å². The molecule has 7 heteroatoms. The number of benzene rings is 1. The highest BCUT2D eigenvalue weighted by molar-refractivity contribution is 7.98. The van der Waals surface area contributed by atoms with Crippen LogP contribution in [-0.2, 0) is 26.3 Å². The van der Waals surface area contributed by atoms with Gasteiger partial charge in [-0.05, 0) is 73.4 Å². The van der Waals surface area contributed by atoms with Crippen molar-refractivity contribution in [3.8, 4) is 17.5 Å². The van der Waals surface area contributed by atoms with E-state index in [1.54, 1.807) is 18.1 Å². The Bertz CT molecular complexity index is 1270. The third kappa shape index (κ3) is 4.59. The fourth-order valence-corrected chi connectivity index (χ4v) is 4.15. The second kappa shape index (κ2) is 9.27. The van der Waals surface area contributed by atoms with E-state index in [4.69, 9.17) is 10.2 Å². The second-order valence-corrected chi connectivity index (χ2v) is 8.32. The summed E-state index contributed by atoms with van der Waals surface area (Å²) in [6.45, 7) is 2.09. The van der Waals surface area contributed by atoms with Gasteiger partial charge in [-0.3, -0.25) is 0 Å². The first kappa shape index (κ1) is 21.0. The lowest BCUT2D eigenvalue weighted by Crippen LogP contribution is -2.01. The van der Waals surface area contributed by atoms with E-state index in [0.29, 0.717) is 6.42 Å². The van der Waals surface area contributed by atoms with Gasteiger partial charge < -0.3 is 4.57 Å². The molecule has 0 bridgehead atoms. The van der Waals surface area contributed by atoms with Crippen LogP contribution in [0.2, 0.25) is 0 Å². The zero-order valence-corrected chi connectivity index (χ0v) is 18.8. The summed E-state index contributed by atoms with van der Waals surface area (Å²) in [7, 11) is 1.98. The lowest BCUT2D eigenvalue weighted by molar-refractivity contribution is 0.847. The first-order valence-electron chi connectivity index (χ1n) is 10.2. The number of fused-ring (bicyclic) bond motifs is 1.